The van der Waals surface area contributed by atoms with Crippen molar-refractivity contribution < 1.29 is 14.3 Å². The van der Waals surface area contributed by atoms with E-state index in [4.69, 9.17) is 4.74 Å². The Labute approximate surface area is 194 Å². The van der Waals surface area contributed by atoms with Crippen molar-refractivity contribution in [2.75, 3.05) is 12.0 Å². The summed E-state index contributed by atoms with van der Waals surface area (Å²) in [5.74, 6) is 0.161. The molecule has 2 amide bonds. The molecule has 4 rings (SSSR count). The summed E-state index contributed by atoms with van der Waals surface area (Å²) >= 11 is 0. The summed E-state index contributed by atoms with van der Waals surface area (Å²) in [5.41, 5.74) is 1.62. The van der Waals surface area contributed by atoms with Gasteiger partial charge >= 0.3 is 0 Å². The molecule has 1 saturated carbocycles. The van der Waals surface area contributed by atoms with Gasteiger partial charge in [-0.2, -0.15) is 0 Å². The zero-order chi connectivity index (χ0) is 23.0. The van der Waals surface area contributed by atoms with Crippen LogP contribution in [-0.4, -0.2) is 29.9 Å². The van der Waals surface area contributed by atoms with Crippen molar-refractivity contribution in [3.63, 3.8) is 0 Å². The molecule has 0 aliphatic heterocycles. The minimum atomic E-state index is -0.852. The number of nitrogens with zero attached hydrogens (tertiary/aromatic N) is 2. The van der Waals surface area contributed by atoms with Crippen molar-refractivity contribution in [2.45, 2.75) is 44.2 Å². The van der Waals surface area contributed by atoms with Gasteiger partial charge in [0.1, 0.15) is 17.5 Å². The summed E-state index contributed by atoms with van der Waals surface area (Å²) in [5, 5.41) is 3.22. The van der Waals surface area contributed by atoms with E-state index >= 15 is 0 Å². The van der Waals surface area contributed by atoms with Crippen molar-refractivity contribution >= 4 is 17.5 Å². The second-order valence-corrected chi connectivity index (χ2v) is 8.24. The van der Waals surface area contributed by atoms with Crippen LogP contribution in [0.5, 0.6) is 5.75 Å². The van der Waals surface area contributed by atoms with Gasteiger partial charge in [0.25, 0.3) is 5.91 Å². The van der Waals surface area contributed by atoms with Crippen LogP contribution < -0.4 is 15.0 Å². The van der Waals surface area contributed by atoms with Gasteiger partial charge in [-0.25, -0.2) is 0 Å². The first kappa shape index (κ1) is 22.5. The Balaban J connectivity index is 1.77. The maximum Gasteiger partial charge on any atom is 0.277 e. The fourth-order valence-electron chi connectivity index (χ4n) is 4.32. The Morgan fingerprint density at radius 2 is 1.64 bits per heavy atom. The number of benzene rings is 2. The first-order valence-corrected chi connectivity index (χ1v) is 11.4. The van der Waals surface area contributed by atoms with Crippen LogP contribution in [0.25, 0.3) is 0 Å². The lowest BCUT2D eigenvalue weighted by Crippen LogP contribution is -2.47. The van der Waals surface area contributed by atoms with Gasteiger partial charge in [0.2, 0.25) is 5.91 Å². The highest BCUT2D eigenvalue weighted by Crippen LogP contribution is 2.31. The quantitative estimate of drug-likeness (QED) is 0.562. The third-order valence-electron chi connectivity index (χ3n) is 6.03. The van der Waals surface area contributed by atoms with Crippen LogP contribution in [0, 0.1) is 0 Å². The van der Waals surface area contributed by atoms with Gasteiger partial charge in [-0.3, -0.25) is 19.5 Å². The highest BCUT2D eigenvalue weighted by molar-refractivity contribution is 6.09. The Morgan fingerprint density at radius 3 is 2.27 bits per heavy atom. The number of aromatic nitrogens is 1. The number of carbonyl (C=O) groups is 2. The lowest BCUT2D eigenvalue weighted by molar-refractivity contribution is -0.123. The van der Waals surface area contributed by atoms with E-state index in [2.05, 4.69) is 10.3 Å². The fourth-order valence-corrected chi connectivity index (χ4v) is 4.32. The topological polar surface area (TPSA) is 71.5 Å². The molecule has 1 heterocycles. The number of hydrogen-bond donors (Lipinski definition) is 1. The summed E-state index contributed by atoms with van der Waals surface area (Å²) in [6, 6.07) is 21.1. The van der Waals surface area contributed by atoms with E-state index in [0.29, 0.717) is 17.0 Å². The van der Waals surface area contributed by atoms with Crippen molar-refractivity contribution in [3.05, 3.63) is 90.3 Å². The maximum atomic E-state index is 13.8. The average Bonchev–Trinajstić information content (AvgIpc) is 2.88. The summed E-state index contributed by atoms with van der Waals surface area (Å²) in [6.45, 7) is 0. The standard InChI is InChI=1S/C27H29N3O3/c1-33-23-17-15-20(16-18-23)25(26(31)29-21-10-4-2-5-11-21)30(22-12-6-3-7-13-22)27(32)24-14-8-9-19-28-24/h3,6-9,12-19,21,25H,2,4-5,10-11H2,1H3,(H,29,31). The summed E-state index contributed by atoms with van der Waals surface area (Å²) in [6.07, 6.45) is 6.91. The van der Waals surface area contributed by atoms with Gasteiger partial charge in [0.15, 0.2) is 0 Å². The van der Waals surface area contributed by atoms with Crippen LogP contribution in [0.15, 0.2) is 79.0 Å². The number of ether oxygens (including phenoxy) is 1. The second-order valence-electron chi connectivity index (χ2n) is 8.24. The number of methoxy groups -OCH3 is 1. The Kier molecular flexibility index (Phi) is 7.35. The lowest BCUT2D eigenvalue weighted by atomic mass is 9.94. The van der Waals surface area contributed by atoms with E-state index in [1.165, 1.54) is 6.42 Å². The van der Waals surface area contributed by atoms with Gasteiger partial charge in [-0.15, -0.1) is 0 Å². The molecule has 0 saturated heterocycles. The average molecular weight is 444 g/mol. The molecule has 6 nitrogen and oxygen atoms in total. The molecule has 170 valence electrons. The molecule has 0 bridgehead atoms. The van der Waals surface area contributed by atoms with Crippen LogP contribution in [0.1, 0.15) is 54.2 Å². The zero-order valence-electron chi connectivity index (χ0n) is 18.8. The molecule has 0 spiro atoms. The normalized spacial score (nSPS) is 14.8. The molecule has 2 aromatic carbocycles. The zero-order valence-corrected chi connectivity index (χ0v) is 18.8. The van der Waals surface area contributed by atoms with Crippen molar-refractivity contribution in [1.29, 1.82) is 0 Å². The monoisotopic (exact) mass is 443 g/mol. The van der Waals surface area contributed by atoms with E-state index < -0.39 is 6.04 Å². The maximum absolute atomic E-state index is 13.8. The lowest BCUT2D eigenvalue weighted by Gasteiger charge is -2.33. The molecule has 1 fully saturated rings. The molecule has 1 aliphatic carbocycles. The van der Waals surface area contributed by atoms with Crippen LogP contribution in [0.4, 0.5) is 5.69 Å². The number of nitrogens with one attached hydrogen (secondary N) is 1. The first-order chi connectivity index (χ1) is 16.2. The van der Waals surface area contributed by atoms with Gasteiger partial charge in [-0.1, -0.05) is 55.7 Å². The SMILES string of the molecule is COc1ccc(C(C(=O)NC2CCCCC2)N(C(=O)c2ccccn2)c2ccccc2)cc1. The smallest absolute Gasteiger partial charge is 0.277 e. The van der Waals surface area contributed by atoms with Crippen molar-refractivity contribution in [1.82, 2.24) is 10.3 Å². The number of carbonyl (C=O) groups excluding carboxylic acids is 2. The van der Waals surface area contributed by atoms with Crippen LogP contribution in [-0.2, 0) is 4.79 Å². The van der Waals surface area contributed by atoms with Gasteiger partial charge in [-0.05, 0) is 54.8 Å². The fraction of sp³-hybridized carbons (Fsp3) is 0.296. The van der Waals surface area contributed by atoms with E-state index in [9.17, 15) is 9.59 Å². The highest BCUT2D eigenvalue weighted by Gasteiger charge is 2.35. The predicted molar refractivity (Wildman–Crippen MR) is 128 cm³/mol. The van der Waals surface area contributed by atoms with E-state index in [1.807, 2.05) is 54.6 Å². The number of anilines is 1. The molecule has 3 aromatic rings. The highest BCUT2D eigenvalue weighted by atomic mass is 16.5. The molecule has 1 N–H and O–H groups in total. The third kappa shape index (κ3) is 5.40. The largest absolute Gasteiger partial charge is 0.497 e. The minimum absolute atomic E-state index is 0.120. The van der Waals surface area contributed by atoms with Gasteiger partial charge in [0, 0.05) is 17.9 Å². The molecule has 1 unspecified atom stereocenters. The molecule has 1 atom stereocenters. The Hall–Kier alpha value is -3.67. The second kappa shape index (κ2) is 10.8. The van der Waals surface area contributed by atoms with Crippen LogP contribution in [0.3, 0.4) is 0 Å². The predicted octanol–water partition coefficient (Wildman–Crippen LogP) is 4.93. The molecule has 6 heteroatoms. The van der Waals surface area contributed by atoms with Crippen molar-refractivity contribution in [2.24, 2.45) is 0 Å². The Bertz CT molecular complexity index is 1050. The summed E-state index contributed by atoms with van der Waals surface area (Å²) < 4.78 is 5.30. The molecular weight excluding hydrogens is 414 g/mol. The molecule has 1 aromatic heterocycles. The number of para-hydroxylation sites is 1. The molecule has 1 aliphatic rings. The molecule has 33 heavy (non-hydrogen) atoms. The van der Waals surface area contributed by atoms with E-state index in [0.717, 1.165) is 25.7 Å². The number of hydrogen-bond acceptors (Lipinski definition) is 4. The molecule has 0 radical (unpaired) electrons. The van der Waals surface area contributed by atoms with Gasteiger partial charge < -0.3 is 10.1 Å². The summed E-state index contributed by atoms with van der Waals surface area (Å²) in [4.78, 5) is 33.3. The third-order valence-corrected chi connectivity index (χ3v) is 6.03. The van der Waals surface area contributed by atoms with Crippen molar-refractivity contribution in [3.8, 4) is 5.75 Å². The van der Waals surface area contributed by atoms with Crippen LogP contribution >= 0.6 is 0 Å². The minimum Gasteiger partial charge on any atom is -0.497 e. The van der Waals surface area contributed by atoms with E-state index in [1.54, 1.807) is 36.4 Å². The number of rotatable bonds is 7. The Morgan fingerprint density at radius 1 is 0.939 bits per heavy atom. The summed E-state index contributed by atoms with van der Waals surface area (Å²) in [7, 11) is 1.60. The van der Waals surface area contributed by atoms with Crippen LogP contribution in [0.2, 0.25) is 0 Å². The van der Waals surface area contributed by atoms with E-state index in [-0.39, 0.29) is 23.6 Å². The number of amides is 2. The molecular formula is C27H29N3O3. The number of pyridine rings is 1. The van der Waals surface area contributed by atoms with Gasteiger partial charge in [0.05, 0.1) is 7.11 Å². The first-order valence-electron chi connectivity index (χ1n) is 11.4.